The van der Waals surface area contributed by atoms with E-state index in [1.807, 2.05) is 0 Å². The molecule has 0 rings (SSSR count). The first-order valence-corrected chi connectivity index (χ1v) is 42.0. The van der Waals surface area contributed by atoms with Crippen LogP contribution in [0.5, 0.6) is 0 Å². The third-order valence-corrected chi connectivity index (χ3v) is 16.2. The Morgan fingerprint density at radius 2 is 0.326 bits per heavy atom. The summed E-state index contributed by atoms with van der Waals surface area (Å²) in [5.41, 5.74) is 1.64. The Balaban J connectivity index is -0.000000381. The van der Waals surface area contributed by atoms with Crippen LogP contribution in [-0.2, 0) is 153 Å². The Kier molecular flexibility index (Phi) is 76.8. The Hall–Kier alpha value is -15.8. The maximum atomic E-state index is 12.0. The first-order valence-electron chi connectivity index (χ1n) is 42.0. The first-order chi connectivity index (χ1) is 64.8. The van der Waals surface area contributed by atoms with Crippen molar-refractivity contribution in [3.8, 4) is 0 Å². The number of carbonyl (C=O) groups is 20. The van der Waals surface area contributed by atoms with Crippen LogP contribution >= 0.6 is 0 Å². The van der Waals surface area contributed by atoms with Crippen LogP contribution in [0.1, 0.15) is 69.2 Å². The Morgan fingerprint density at radius 1 is 0.188 bits per heavy atom. The maximum Gasteiger partial charge on any atom is 0.333 e. The van der Waals surface area contributed by atoms with Gasteiger partial charge in [-0.15, -0.1) is 0 Å². The van der Waals surface area contributed by atoms with E-state index in [0.717, 1.165) is 85.1 Å². The Bertz CT molecular complexity index is 4150. The number of carbonyl (C=O) groups excluding carboxylic acids is 20. The van der Waals surface area contributed by atoms with E-state index in [1.165, 1.54) is 66.9 Å². The van der Waals surface area contributed by atoms with E-state index in [4.69, 9.17) is 56.8 Å². The summed E-state index contributed by atoms with van der Waals surface area (Å²) in [5, 5.41) is 0. The highest BCUT2D eigenvalue weighted by atomic mass is 16.6. The second-order valence-electron chi connectivity index (χ2n) is 28.1. The lowest BCUT2D eigenvalue weighted by molar-refractivity contribution is -0.149. The number of amides is 8. The van der Waals surface area contributed by atoms with Crippen molar-refractivity contribution in [3.63, 3.8) is 0 Å². The van der Waals surface area contributed by atoms with E-state index in [-0.39, 0.29) is 238 Å². The highest BCUT2D eigenvalue weighted by Gasteiger charge is 2.26. The lowest BCUT2D eigenvalue weighted by Gasteiger charge is -2.27. The minimum absolute atomic E-state index is 0.0170. The van der Waals surface area contributed by atoms with Crippen LogP contribution in [0.3, 0.4) is 0 Å². The fourth-order valence-electron chi connectivity index (χ4n) is 9.22. The molecule has 0 aliphatic heterocycles. The monoisotopic (exact) mass is 1940 g/mol. The van der Waals surface area contributed by atoms with Gasteiger partial charge >= 0.3 is 71.6 Å². The SMILES string of the molecule is C=CC(=O)N(CC(C)OC(=O)C(=C)C)CC(C)OC(=O)C(=C)C.C=CC(=O)N(CCOC(=O)C(=C)C)CCN(CCOC(=O)C(=C)C)C(=O)C=C.C=CC(=O)N(CCOC(=O)C(=C)C)CCOC(=O)C(=C)C.C=CC(=O)OC(C)CN(CC(C)OC(=O)C=C)C(=O)C=C.C=CC(=O)OCCN(CCN(CCOC(=O)C=C)C(=O)C=C)C(=O)C=C.C=CC(=O)OCCN(CCOC(=O)C=C)C(=O)C=C. The van der Waals surface area contributed by atoms with E-state index < -0.39 is 96.0 Å². The predicted octanol–water partition coefficient (Wildman–Crippen LogP) is 6.68. The van der Waals surface area contributed by atoms with Crippen molar-refractivity contribution in [2.24, 2.45) is 0 Å². The van der Waals surface area contributed by atoms with E-state index in [9.17, 15) is 95.9 Å². The van der Waals surface area contributed by atoms with Gasteiger partial charge in [0, 0.05) is 96.1 Å². The second-order valence-corrected chi connectivity index (χ2v) is 28.1. The minimum Gasteiger partial charge on any atom is -0.461 e. The van der Waals surface area contributed by atoms with Crippen LogP contribution < -0.4 is 0 Å². The number of rotatable bonds is 62. The van der Waals surface area contributed by atoms with Crippen molar-refractivity contribution in [1.82, 2.24) is 39.2 Å². The molecule has 0 saturated heterocycles. The van der Waals surface area contributed by atoms with Crippen LogP contribution in [0.15, 0.2) is 250 Å². The van der Waals surface area contributed by atoms with E-state index in [2.05, 4.69) is 132 Å². The van der Waals surface area contributed by atoms with Gasteiger partial charge < -0.3 is 96.0 Å². The summed E-state index contributed by atoms with van der Waals surface area (Å²) < 4.78 is 59.3. The highest BCUT2D eigenvalue weighted by Crippen LogP contribution is 2.11. The predicted molar refractivity (Wildman–Crippen MR) is 514 cm³/mol. The van der Waals surface area contributed by atoms with Crippen molar-refractivity contribution < 1.29 is 153 Å². The fraction of sp³-hybridized carbons (Fsp3) is 0.388. The van der Waals surface area contributed by atoms with Gasteiger partial charge in [-0.3, -0.25) is 38.4 Å². The average molecular weight is 1940 g/mol. The van der Waals surface area contributed by atoms with Crippen LogP contribution in [0, 0.1) is 0 Å². The van der Waals surface area contributed by atoms with Crippen molar-refractivity contribution in [2.75, 3.05) is 158 Å². The summed E-state index contributed by atoms with van der Waals surface area (Å²) in [5.74, 6) is -9.50. The number of ether oxygens (including phenoxy) is 12. The number of hydrogen-bond donors (Lipinski definition) is 0. The standard InChI is InChI=1S/C20H28N2O6.C18H24N2O6.C17H25NO5.2C15H21NO5.C13H17NO5/c1-7-17(23)21(11-13-27-19(25)15(3)4)9-10-22(18(24)8-2)12-14-28-20(26)16(5)6;1-5-15(21)19(11-13-25-17(23)7-3)9-10-20(16(22)6-2)12-14-26-18(24)8-4;1-8-15(19)18(9-13(6)22-16(20)11(2)3)10-14(7)23-17(21)12(4)5;1-6-13(17)16(7-9-20-14(18)11(2)3)8-10-21-15(19)12(4)5;1-6-13(17)16(9-11(4)20-14(18)7-2)10-12(5)21-15(19)8-3;1-4-11(15)14(7-9-18-12(16)5-2)8-10-19-13(17)6-3/h7-8H,1-3,5,9-14H2,4,6H3;5-8H,1-4,9-14H2;8,13-14H,1-2,4,9-10H2,3,5-7H3;6H,1-2,4,7-10H2,3,5H3;6-8,11-12H,1-3,9-10H2,4-5H3;4-6H,1-3,7-10H2. The molecule has 0 N–H and O–H groups in total. The molecule has 4 unspecified atom stereocenters. The molecule has 0 bridgehead atoms. The molecule has 40 nitrogen and oxygen atoms in total. The largest absolute Gasteiger partial charge is 0.461 e. The molecule has 0 saturated carbocycles. The number of esters is 12. The van der Waals surface area contributed by atoms with Crippen molar-refractivity contribution >= 4 is 119 Å². The Labute approximate surface area is 808 Å². The van der Waals surface area contributed by atoms with Crippen molar-refractivity contribution in [3.05, 3.63) is 250 Å². The zero-order valence-electron chi connectivity index (χ0n) is 81.1. The summed E-state index contributed by atoms with van der Waals surface area (Å²) >= 11 is 0. The van der Waals surface area contributed by atoms with Crippen LogP contribution in [0.25, 0.3) is 0 Å². The van der Waals surface area contributed by atoms with E-state index >= 15 is 0 Å². The highest BCUT2D eigenvalue weighted by molar-refractivity contribution is 5.94. The summed E-state index contributed by atoms with van der Waals surface area (Å²) in [6.07, 6.45) is 13.2. The first kappa shape index (κ1) is 133. The van der Waals surface area contributed by atoms with Gasteiger partial charge in [0.15, 0.2) is 0 Å². The smallest absolute Gasteiger partial charge is 0.333 e. The molecule has 0 spiro atoms. The number of nitrogens with zero attached hydrogens (tertiary/aromatic N) is 8. The van der Waals surface area contributed by atoms with E-state index in [1.54, 1.807) is 41.5 Å². The molecule has 138 heavy (non-hydrogen) atoms. The molecular weight excluding hydrogens is 1800 g/mol. The van der Waals surface area contributed by atoms with Crippen molar-refractivity contribution in [2.45, 2.75) is 93.7 Å². The molecule has 0 aromatic heterocycles. The third-order valence-electron chi connectivity index (χ3n) is 16.2. The van der Waals surface area contributed by atoms with Crippen LogP contribution in [0.4, 0.5) is 0 Å². The lowest BCUT2D eigenvalue weighted by atomic mass is 10.2. The van der Waals surface area contributed by atoms with Crippen LogP contribution in [0.2, 0.25) is 0 Å². The lowest BCUT2D eigenvalue weighted by Crippen LogP contribution is -2.42. The molecule has 40 heteroatoms. The van der Waals surface area contributed by atoms with Gasteiger partial charge in [-0.25, -0.2) is 57.5 Å². The van der Waals surface area contributed by atoms with E-state index in [0.29, 0.717) is 0 Å². The van der Waals surface area contributed by atoms with Crippen LogP contribution in [-0.4, -0.2) is 340 Å². The zero-order valence-corrected chi connectivity index (χ0v) is 81.1. The molecule has 0 aliphatic rings. The molecule has 8 amide bonds. The molecule has 4 atom stereocenters. The van der Waals surface area contributed by atoms with Crippen molar-refractivity contribution in [1.29, 1.82) is 0 Å². The number of hydrogen-bond acceptors (Lipinski definition) is 32. The van der Waals surface area contributed by atoms with Gasteiger partial charge in [-0.2, -0.15) is 0 Å². The summed E-state index contributed by atoms with van der Waals surface area (Å²) in [4.78, 5) is 240. The molecule has 0 fully saturated rings. The fourth-order valence-corrected chi connectivity index (χ4v) is 9.22. The van der Waals surface area contributed by atoms with Gasteiger partial charge in [0.05, 0.1) is 78.5 Å². The average Bonchev–Trinajstić information content (AvgIpc) is 0.902. The van der Waals surface area contributed by atoms with Gasteiger partial charge in [0.2, 0.25) is 47.3 Å². The second kappa shape index (κ2) is 79.7. The third kappa shape index (κ3) is 68.2. The molecule has 0 aromatic rings. The molecule has 760 valence electrons. The summed E-state index contributed by atoms with van der Waals surface area (Å²) in [6, 6.07) is 0. The summed E-state index contributed by atoms with van der Waals surface area (Å²) in [6.45, 7) is 86.2. The van der Waals surface area contributed by atoms with Gasteiger partial charge in [-0.1, -0.05) is 132 Å². The molecule has 0 aromatic carbocycles. The molecule has 0 heterocycles. The maximum absolute atomic E-state index is 12.0. The normalized spacial score (nSPS) is 10.4. The quantitative estimate of drug-likeness (QED) is 0.0348. The molecular formula is C98H136N8O32. The summed E-state index contributed by atoms with van der Waals surface area (Å²) in [7, 11) is 0. The Morgan fingerprint density at radius 3 is 0.471 bits per heavy atom. The van der Waals surface area contributed by atoms with Gasteiger partial charge in [-0.05, 0) is 118 Å². The molecule has 0 aliphatic carbocycles. The zero-order chi connectivity index (χ0) is 107. The minimum atomic E-state index is -0.594. The topological polar surface area (TPSA) is 478 Å². The van der Waals surface area contributed by atoms with Gasteiger partial charge in [0.1, 0.15) is 77.3 Å². The van der Waals surface area contributed by atoms with Gasteiger partial charge in [0.25, 0.3) is 0 Å². The molecule has 0 radical (unpaired) electrons.